The van der Waals surface area contributed by atoms with Crippen LogP contribution in [0.1, 0.15) is 12.5 Å². The van der Waals surface area contributed by atoms with Crippen LogP contribution in [0.15, 0.2) is 59.1 Å². The van der Waals surface area contributed by atoms with Crippen LogP contribution < -0.4 is 4.74 Å². The Morgan fingerprint density at radius 3 is 2.43 bits per heavy atom. The topological polar surface area (TPSA) is 38.8 Å². The van der Waals surface area contributed by atoms with E-state index in [-0.39, 0.29) is 12.7 Å². The number of hydrogen-bond donors (Lipinski definition) is 0. The molecule has 2 aromatic carbocycles. The third-order valence-corrected chi connectivity index (χ3v) is 3.82. The number of halogens is 1. The van der Waals surface area contributed by atoms with Crippen LogP contribution in [0.3, 0.4) is 0 Å². The summed E-state index contributed by atoms with van der Waals surface area (Å²) in [6, 6.07) is 17.2. The summed E-state index contributed by atoms with van der Waals surface area (Å²) in [7, 11) is 0. The lowest BCUT2D eigenvalue weighted by molar-refractivity contribution is 0.0923. The van der Waals surface area contributed by atoms with Gasteiger partial charge in [0.2, 0.25) is 0 Å². The van der Waals surface area contributed by atoms with Gasteiger partial charge in [-0.05, 0) is 36.8 Å². The quantitative estimate of drug-likeness (QED) is 0.713. The summed E-state index contributed by atoms with van der Waals surface area (Å²) in [5, 5.41) is 0. The van der Waals surface area contributed by atoms with Crippen molar-refractivity contribution >= 4 is 22.0 Å². The maximum Gasteiger partial charge on any atom is 0.410 e. The van der Waals surface area contributed by atoms with Gasteiger partial charge in [0.15, 0.2) is 0 Å². The molecule has 0 heterocycles. The fourth-order valence-electron chi connectivity index (χ4n) is 1.99. The molecule has 0 atom stereocenters. The monoisotopic (exact) mass is 377 g/mol. The van der Waals surface area contributed by atoms with Crippen LogP contribution in [-0.2, 0) is 11.3 Å². The van der Waals surface area contributed by atoms with Gasteiger partial charge < -0.3 is 14.4 Å². The zero-order valence-electron chi connectivity index (χ0n) is 13.1. The van der Waals surface area contributed by atoms with E-state index >= 15 is 0 Å². The zero-order valence-corrected chi connectivity index (χ0v) is 14.7. The summed E-state index contributed by atoms with van der Waals surface area (Å²) in [6.45, 7) is 3.70. The SMILES string of the molecule is CCN(CCOc1ccc(Br)cc1)C(=O)OCc1ccccc1. The molecule has 0 saturated heterocycles. The number of carbonyl (C=O) groups excluding carboxylic acids is 1. The van der Waals surface area contributed by atoms with Crippen molar-refractivity contribution in [2.75, 3.05) is 19.7 Å². The van der Waals surface area contributed by atoms with Gasteiger partial charge in [-0.3, -0.25) is 0 Å². The summed E-state index contributed by atoms with van der Waals surface area (Å²) in [5.41, 5.74) is 0.975. The first-order valence-electron chi connectivity index (χ1n) is 7.53. The smallest absolute Gasteiger partial charge is 0.410 e. The molecule has 0 saturated carbocycles. The molecule has 1 amide bonds. The molecule has 0 aliphatic carbocycles. The predicted octanol–water partition coefficient (Wildman–Crippen LogP) is 4.49. The predicted molar refractivity (Wildman–Crippen MR) is 93.5 cm³/mol. The van der Waals surface area contributed by atoms with Crippen molar-refractivity contribution in [3.8, 4) is 5.75 Å². The van der Waals surface area contributed by atoms with E-state index in [1.54, 1.807) is 4.90 Å². The Balaban J connectivity index is 1.75. The minimum absolute atomic E-state index is 0.281. The highest BCUT2D eigenvalue weighted by atomic mass is 79.9. The van der Waals surface area contributed by atoms with Crippen molar-refractivity contribution in [3.05, 3.63) is 64.6 Å². The molecule has 4 nitrogen and oxygen atoms in total. The first kappa shape index (κ1) is 17.3. The van der Waals surface area contributed by atoms with Gasteiger partial charge in [-0.15, -0.1) is 0 Å². The standard InChI is InChI=1S/C18H20BrNO3/c1-2-20(12-13-22-17-10-8-16(19)9-11-17)18(21)23-14-15-6-4-3-5-7-15/h3-11H,2,12-14H2,1H3. The molecule has 0 unspecified atom stereocenters. The second-order valence-corrected chi connectivity index (χ2v) is 5.84. The fraction of sp³-hybridized carbons (Fsp3) is 0.278. The lowest BCUT2D eigenvalue weighted by Crippen LogP contribution is -2.34. The van der Waals surface area contributed by atoms with Crippen molar-refractivity contribution in [1.82, 2.24) is 4.90 Å². The van der Waals surface area contributed by atoms with Gasteiger partial charge >= 0.3 is 6.09 Å². The largest absolute Gasteiger partial charge is 0.492 e. The average Bonchev–Trinajstić information content (AvgIpc) is 2.59. The van der Waals surface area contributed by atoms with Crippen LogP contribution in [0.2, 0.25) is 0 Å². The lowest BCUT2D eigenvalue weighted by atomic mass is 10.2. The highest BCUT2D eigenvalue weighted by Crippen LogP contribution is 2.16. The van der Waals surface area contributed by atoms with Crippen molar-refractivity contribution in [2.45, 2.75) is 13.5 Å². The Morgan fingerprint density at radius 2 is 1.78 bits per heavy atom. The van der Waals surface area contributed by atoms with Gasteiger partial charge in [0.05, 0.1) is 6.54 Å². The normalized spacial score (nSPS) is 10.2. The van der Waals surface area contributed by atoms with Gasteiger partial charge in [0.1, 0.15) is 19.0 Å². The van der Waals surface area contributed by atoms with E-state index in [2.05, 4.69) is 15.9 Å². The zero-order chi connectivity index (χ0) is 16.5. The summed E-state index contributed by atoms with van der Waals surface area (Å²) in [4.78, 5) is 13.7. The third kappa shape index (κ3) is 5.94. The maximum atomic E-state index is 12.1. The molecule has 0 aliphatic rings. The second-order valence-electron chi connectivity index (χ2n) is 4.92. The molecule has 0 aromatic heterocycles. The average molecular weight is 378 g/mol. The number of amides is 1. The number of nitrogens with zero attached hydrogens (tertiary/aromatic N) is 1. The highest BCUT2D eigenvalue weighted by molar-refractivity contribution is 9.10. The van der Waals surface area contributed by atoms with Crippen LogP contribution in [-0.4, -0.2) is 30.7 Å². The Morgan fingerprint density at radius 1 is 1.09 bits per heavy atom. The summed E-state index contributed by atoms with van der Waals surface area (Å²) in [6.07, 6.45) is -0.323. The molecule has 0 bridgehead atoms. The summed E-state index contributed by atoms with van der Waals surface area (Å²) in [5.74, 6) is 0.780. The molecule has 0 radical (unpaired) electrons. The number of hydrogen-bond acceptors (Lipinski definition) is 3. The van der Waals surface area contributed by atoms with Crippen molar-refractivity contribution in [2.24, 2.45) is 0 Å². The number of benzene rings is 2. The highest BCUT2D eigenvalue weighted by Gasteiger charge is 2.13. The van der Waals surface area contributed by atoms with Crippen molar-refractivity contribution < 1.29 is 14.3 Å². The number of carbonyl (C=O) groups is 1. The third-order valence-electron chi connectivity index (χ3n) is 3.29. The molecule has 2 rings (SSSR count). The van der Waals surface area contributed by atoms with Gasteiger partial charge in [-0.1, -0.05) is 46.3 Å². The number of rotatable bonds is 7. The summed E-state index contributed by atoms with van der Waals surface area (Å²) >= 11 is 3.38. The molecule has 2 aromatic rings. The molecule has 0 N–H and O–H groups in total. The molecule has 23 heavy (non-hydrogen) atoms. The fourth-order valence-corrected chi connectivity index (χ4v) is 2.26. The van der Waals surface area contributed by atoms with Gasteiger partial charge in [0.25, 0.3) is 0 Å². The summed E-state index contributed by atoms with van der Waals surface area (Å²) < 4.78 is 12.0. The molecule has 0 fully saturated rings. The first-order valence-corrected chi connectivity index (χ1v) is 8.32. The lowest BCUT2D eigenvalue weighted by Gasteiger charge is -2.20. The second kappa shape index (κ2) is 9.20. The number of likely N-dealkylation sites (N-methyl/N-ethyl adjacent to an activating group) is 1. The molecule has 0 spiro atoms. The molecular formula is C18H20BrNO3. The molecule has 0 aliphatic heterocycles. The van der Waals surface area contributed by atoms with E-state index in [9.17, 15) is 4.79 Å². The number of ether oxygens (including phenoxy) is 2. The van der Waals surface area contributed by atoms with Crippen LogP contribution in [0.4, 0.5) is 4.79 Å². The van der Waals surface area contributed by atoms with Gasteiger partial charge in [-0.25, -0.2) is 4.79 Å². The van der Waals surface area contributed by atoms with Gasteiger partial charge in [-0.2, -0.15) is 0 Å². The van der Waals surface area contributed by atoms with E-state index in [1.165, 1.54) is 0 Å². The van der Waals surface area contributed by atoms with Crippen LogP contribution in [0, 0.1) is 0 Å². The van der Waals surface area contributed by atoms with E-state index in [1.807, 2.05) is 61.5 Å². The van der Waals surface area contributed by atoms with Crippen molar-refractivity contribution in [3.63, 3.8) is 0 Å². The Kier molecular flexibility index (Phi) is 6.94. The van der Waals surface area contributed by atoms with E-state index in [4.69, 9.17) is 9.47 Å². The van der Waals surface area contributed by atoms with Crippen LogP contribution >= 0.6 is 15.9 Å². The first-order chi connectivity index (χ1) is 11.2. The Bertz CT molecular complexity index is 601. The Hall–Kier alpha value is -2.01. The molecule has 5 heteroatoms. The minimum Gasteiger partial charge on any atom is -0.492 e. The maximum absolute atomic E-state index is 12.1. The van der Waals surface area contributed by atoms with Crippen LogP contribution in [0.25, 0.3) is 0 Å². The van der Waals surface area contributed by atoms with Crippen molar-refractivity contribution in [1.29, 1.82) is 0 Å². The van der Waals surface area contributed by atoms with Crippen LogP contribution in [0.5, 0.6) is 5.75 Å². The van der Waals surface area contributed by atoms with E-state index in [0.717, 1.165) is 15.8 Å². The molecule has 122 valence electrons. The van der Waals surface area contributed by atoms with E-state index < -0.39 is 0 Å². The van der Waals surface area contributed by atoms with Gasteiger partial charge in [0, 0.05) is 11.0 Å². The molecular weight excluding hydrogens is 358 g/mol. The Labute approximate surface area is 145 Å². The minimum atomic E-state index is -0.323. The van der Waals surface area contributed by atoms with E-state index in [0.29, 0.717) is 19.7 Å².